The Bertz CT molecular complexity index is 1440. The number of imidazole rings is 1. The highest BCUT2D eigenvalue weighted by Gasteiger charge is 2.30. The second-order valence-electron chi connectivity index (χ2n) is 7.83. The first kappa shape index (κ1) is 21.8. The molecule has 0 saturated carbocycles. The molecule has 5 rings (SSSR count). The van der Waals surface area contributed by atoms with Gasteiger partial charge in [0.15, 0.2) is 5.84 Å². The van der Waals surface area contributed by atoms with Gasteiger partial charge >= 0.3 is 0 Å². The molecule has 34 heavy (non-hydrogen) atoms. The summed E-state index contributed by atoms with van der Waals surface area (Å²) in [6.45, 7) is 0.653. The minimum Gasteiger partial charge on any atom is -0.331 e. The van der Waals surface area contributed by atoms with Crippen LogP contribution in [-0.2, 0) is 21.4 Å². The van der Waals surface area contributed by atoms with Gasteiger partial charge in [-0.25, -0.2) is 17.8 Å². The van der Waals surface area contributed by atoms with E-state index < -0.39 is 15.9 Å². The second-order valence-corrected chi connectivity index (χ2v) is 9.59. The van der Waals surface area contributed by atoms with Crippen molar-refractivity contribution in [3.05, 3.63) is 96.2 Å². The van der Waals surface area contributed by atoms with E-state index in [1.54, 1.807) is 40.2 Å². The van der Waals surface area contributed by atoms with Crippen LogP contribution in [0.1, 0.15) is 5.56 Å². The van der Waals surface area contributed by atoms with Gasteiger partial charge in [0.1, 0.15) is 17.3 Å². The van der Waals surface area contributed by atoms with Crippen molar-refractivity contribution in [2.75, 3.05) is 17.6 Å². The van der Waals surface area contributed by atoms with Gasteiger partial charge in [0, 0.05) is 18.3 Å². The van der Waals surface area contributed by atoms with Crippen LogP contribution in [0, 0.1) is 5.82 Å². The lowest BCUT2D eigenvalue weighted by molar-refractivity contribution is -0.112. The molecule has 0 bridgehead atoms. The number of aromatic nitrogens is 2. The number of anilines is 1. The molecule has 2 aliphatic heterocycles. The highest BCUT2D eigenvalue weighted by Crippen LogP contribution is 2.29. The Hall–Kier alpha value is -4.05. The van der Waals surface area contributed by atoms with Gasteiger partial charge in [0.05, 0.1) is 24.2 Å². The first-order chi connectivity index (χ1) is 16.4. The predicted molar refractivity (Wildman–Crippen MR) is 127 cm³/mol. The summed E-state index contributed by atoms with van der Waals surface area (Å²) in [6.07, 6.45) is 6.49. The largest absolute Gasteiger partial charge is 0.331 e. The molecular formula is C24H20FN5O3S. The quantitative estimate of drug-likeness (QED) is 0.609. The number of amidine groups is 1. The van der Waals surface area contributed by atoms with Crippen LogP contribution in [0.25, 0.3) is 11.3 Å². The van der Waals surface area contributed by atoms with Crippen LogP contribution in [-0.4, -0.2) is 46.9 Å². The summed E-state index contributed by atoms with van der Waals surface area (Å²) < 4.78 is 43.2. The molecule has 0 unspecified atom stereocenters. The fraction of sp³-hybridized carbons (Fsp3) is 0.125. The third-order valence-corrected chi connectivity index (χ3v) is 6.63. The number of amides is 1. The lowest BCUT2D eigenvalue weighted by Crippen LogP contribution is -2.41. The maximum atomic E-state index is 13.5. The van der Waals surface area contributed by atoms with E-state index >= 15 is 0 Å². The number of benzene rings is 2. The molecule has 0 atom stereocenters. The summed E-state index contributed by atoms with van der Waals surface area (Å²) in [5, 5.41) is 2.89. The van der Waals surface area contributed by atoms with Gasteiger partial charge in [-0.15, -0.1) is 4.40 Å². The van der Waals surface area contributed by atoms with Crippen molar-refractivity contribution >= 4 is 27.6 Å². The van der Waals surface area contributed by atoms with Crippen molar-refractivity contribution in [3.8, 4) is 11.3 Å². The summed E-state index contributed by atoms with van der Waals surface area (Å²) in [6, 6.07) is 15.5. The van der Waals surface area contributed by atoms with E-state index in [9.17, 15) is 17.6 Å². The Balaban J connectivity index is 1.53. The molecule has 0 aliphatic carbocycles. The maximum Gasteiger partial charge on any atom is 0.260 e. The van der Waals surface area contributed by atoms with Crippen molar-refractivity contribution < 1.29 is 17.6 Å². The van der Waals surface area contributed by atoms with Crippen LogP contribution in [0.3, 0.4) is 0 Å². The van der Waals surface area contributed by atoms with Gasteiger partial charge in [-0.1, -0.05) is 30.3 Å². The number of halogens is 1. The normalized spacial score (nSPS) is 16.4. The number of nitrogens with zero attached hydrogens (tertiary/aromatic N) is 4. The van der Waals surface area contributed by atoms with Crippen LogP contribution in [0.2, 0.25) is 0 Å². The summed E-state index contributed by atoms with van der Waals surface area (Å²) in [5.41, 5.74) is 2.21. The molecule has 0 spiro atoms. The van der Waals surface area contributed by atoms with Gasteiger partial charge < -0.3 is 14.8 Å². The lowest BCUT2D eigenvalue weighted by atomic mass is 10.1. The minimum absolute atomic E-state index is 0.0868. The zero-order chi connectivity index (χ0) is 23.7. The predicted octanol–water partition coefficient (Wildman–Crippen LogP) is 3.17. The molecule has 1 aromatic heterocycles. The van der Waals surface area contributed by atoms with Crippen molar-refractivity contribution in [2.24, 2.45) is 4.40 Å². The highest BCUT2D eigenvalue weighted by molar-refractivity contribution is 7.90. The lowest BCUT2D eigenvalue weighted by Gasteiger charge is -2.28. The number of rotatable bonds is 5. The number of carbonyl (C=O) groups excluding carboxylic acids is 1. The fourth-order valence-corrected chi connectivity index (χ4v) is 4.79. The van der Waals surface area contributed by atoms with Crippen molar-refractivity contribution in [3.63, 3.8) is 0 Å². The molecule has 0 fully saturated rings. The molecule has 2 aromatic carbocycles. The average molecular weight is 478 g/mol. The molecule has 3 heterocycles. The Morgan fingerprint density at radius 1 is 1.09 bits per heavy atom. The number of allylic oxidation sites excluding steroid dienone is 2. The zero-order valence-electron chi connectivity index (χ0n) is 17.9. The van der Waals surface area contributed by atoms with Crippen LogP contribution in [0.15, 0.2) is 89.2 Å². The number of nitrogens with one attached hydrogen (secondary N) is 1. The third-order valence-electron chi connectivity index (χ3n) is 5.49. The minimum atomic E-state index is -3.65. The topological polar surface area (TPSA) is 96.7 Å². The number of carbonyl (C=O) groups is 1. The van der Waals surface area contributed by atoms with E-state index in [-0.39, 0.29) is 29.5 Å². The van der Waals surface area contributed by atoms with E-state index in [2.05, 4.69) is 14.7 Å². The van der Waals surface area contributed by atoms with Crippen molar-refractivity contribution in [1.29, 1.82) is 0 Å². The van der Waals surface area contributed by atoms with E-state index in [4.69, 9.17) is 0 Å². The monoisotopic (exact) mass is 477 g/mol. The Morgan fingerprint density at radius 3 is 2.62 bits per heavy atom. The fourth-order valence-electron chi connectivity index (χ4n) is 3.80. The van der Waals surface area contributed by atoms with Crippen molar-refractivity contribution in [1.82, 2.24) is 14.5 Å². The molecule has 1 N–H and O–H groups in total. The van der Waals surface area contributed by atoms with E-state index in [1.807, 2.05) is 30.3 Å². The third kappa shape index (κ3) is 4.40. The van der Waals surface area contributed by atoms with E-state index in [1.165, 1.54) is 18.2 Å². The van der Waals surface area contributed by atoms with E-state index in [0.29, 0.717) is 23.6 Å². The van der Waals surface area contributed by atoms with Crippen LogP contribution >= 0.6 is 0 Å². The zero-order valence-corrected chi connectivity index (χ0v) is 18.7. The first-order valence-electron chi connectivity index (χ1n) is 10.5. The van der Waals surface area contributed by atoms with E-state index in [0.717, 1.165) is 5.56 Å². The van der Waals surface area contributed by atoms with Gasteiger partial charge in [0.25, 0.3) is 15.9 Å². The van der Waals surface area contributed by atoms with Crippen LogP contribution < -0.4 is 5.32 Å². The first-order valence-corrected chi connectivity index (χ1v) is 12.1. The summed E-state index contributed by atoms with van der Waals surface area (Å²) in [5.74, 6) is -0.531. The standard InChI is InChI=1S/C24H20FN5O3S/c25-19-10-8-18(9-11-19)21-23(30(16-26-21)15-17-5-2-1-3-6-17)27-24(31)20-7-4-12-29-13-14-34(32,33)28-22(20)29/h1-12,16H,13-15H2,(H,27,31). The van der Waals surface area contributed by atoms with Crippen molar-refractivity contribution in [2.45, 2.75) is 6.54 Å². The molecule has 172 valence electrons. The molecule has 0 radical (unpaired) electrons. The molecule has 10 heteroatoms. The SMILES string of the molecule is O=C(Nc1c(-c2ccc(F)cc2)ncn1Cc1ccccc1)C1=CC=CN2CCS(=O)(=O)N=C12. The number of hydrogen-bond acceptors (Lipinski definition) is 5. The molecule has 2 aliphatic rings. The van der Waals surface area contributed by atoms with Gasteiger partial charge in [-0.3, -0.25) is 4.79 Å². The molecular weight excluding hydrogens is 457 g/mol. The second kappa shape index (κ2) is 8.71. The van der Waals surface area contributed by atoms with Gasteiger partial charge in [0.2, 0.25) is 0 Å². The summed E-state index contributed by atoms with van der Waals surface area (Å²) in [4.78, 5) is 19.5. The van der Waals surface area contributed by atoms with Gasteiger partial charge in [-0.2, -0.15) is 0 Å². The molecule has 8 nitrogen and oxygen atoms in total. The number of hydrogen-bond donors (Lipinski definition) is 1. The molecule has 3 aromatic rings. The van der Waals surface area contributed by atoms with Crippen LogP contribution in [0.4, 0.5) is 10.2 Å². The Kier molecular flexibility index (Phi) is 5.58. The summed E-state index contributed by atoms with van der Waals surface area (Å²) in [7, 11) is -3.65. The van der Waals surface area contributed by atoms with Gasteiger partial charge in [-0.05, 0) is 42.0 Å². The number of sulfonamides is 1. The smallest absolute Gasteiger partial charge is 0.260 e. The molecule has 0 saturated heterocycles. The summed E-state index contributed by atoms with van der Waals surface area (Å²) >= 11 is 0. The Morgan fingerprint density at radius 2 is 1.85 bits per heavy atom. The molecule has 1 amide bonds. The number of fused-ring (bicyclic) bond motifs is 1. The highest BCUT2D eigenvalue weighted by atomic mass is 32.2. The Labute approximate surface area is 195 Å². The average Bonchev–Trinajstić information content (AvgIpc) is 3.21. The van der Waals surface area contributed by atoms with Crippen LogP contribution in [0.5, 0.6) is 0 Å². The maximum absolute atomic E-state index is 13.5.